The standard InChI is InChI=1S/C14H21F2NO/c1-4-17-14(11(3)18-9-13(15)16)12-7-5-10(2)6-8-12/h5-8,11,13-14,17H,4,9H2,1-3H3. The van der Waals surface area contributed by atoms with Gasteiger partial charge in [0.2, 0.25) is 0 Å². The fourth-order valence-corrected chi connectivity index (χ4v) is 1.87. The molecule has 1 N–H and O–H groups in total. The van der Waals surface area contributed by atoms with Crippen LogP contribution in [-0.2, 0) is 4.74 Å². The molecule has 2 nitrogen and oxygen atoms in total. The van der Waals surface area contributed by atoms with Gasteiger partial charge in [-0.2, -0.15) is 0 Å². The van der Waals surface area contributed by atoms with Crippen molar-refractivity contribution in [2.24, 2.45) is 0 Å². The van der Waals surface area contributed by atoms with Crippen molar-refractivity contribution < 1.29 is 13.5 Å². The van der Waals surface area contributed by atoms with E-state index < -0.39 is 13.0 Å². The maximum atomic E-state index is 12.2. The zero-order valence-corrected chi connectivity index (χ0v) is 11.1. The smallest absolute Gasteiger partial charge is 0.261 e. The number of likely N-dealkylation sites (N-methyl/N-ethyl adjacent to an activating group) is 1. The van der Waals surface area contributed by atoms with Crippen LogP contribution in [0.4, 0.5) is 8.78 Å². The zero-order valence-electron chi connectivity index (χ0n) is 11.1. The quantitative estimate of drug-likeness (QED) is 0.809. The van der Waals surface area contributed by atoms with E-state index in [4.69, 9.17) is 4.74 Å². The summed E-state index contributed by atoms with van der Waals surface area (Å²) in [5, 5.41) is 3.27. The molecule has 0 amide bonds. The van der Waals surface area contributed by atoms with Gasteiger partial charge in [-0.1, -0.05) is 36.8 Å². The molecule has 0 bridgehead atoms. The van der Waals surface area contributed by atoms with Crippen LogP contribution < -0.4 is 5.32 Å². The Morgan fingerprint density at radius 3 is 2.33 bits per heavy atom. The molecule has 1 aromatic rings. The Kier molecular flexibility index (Phi) is 6.22. The van der Waals surface area contributed by atoms with Gasteiger partial charge in [0.25, 0.3) is 6.43 Å². The largest absolute Gasteiger partial charge is 0.371 e. The van der Waals surface area contributed by atoms with Gasteiger partial charge in [0.15, 0.2) is 0 Å². The number of benzene rings is 1. The fourth-order valence-electron chi connectivity index (χ4n) is 1.87. The van der Waals surface area contributed by atoms with Crippen molar-refractivity contribution in [3.8, 4) is 0 Å². The summed E-state index contributed by atoms with van der Waals surface area (Å²) in [6.07, 6.45) is -2.71. The normalized spacial score (nSPS) is 14.8. The molecule has 0 aromatic heterocycles. The maximum Gasteiger partial charge on any atom is 0.261 e. The number of halogens is 2. The van der Waals surface area contributed by atoms with E-state index in [0.29, 0.717) is 0 Å². The molecule has 0 aliphatic carbocycles. The van der Waals surface area contributed by atoms with E-state index in [2.05, 4.69) is 5.32 Å². The fraction of sp³-hybridized carbons (Fsp3) is 0.571. The molecule has 4 heteroatoms. The third kappa shape index (κ3) is 4.70. The highest BCUT2D eigenvalue weighted by molar-refractivity contribution is 5.24. The van der Waals surface area contributed by atoms with Gasteiger partial charge in [-0.25, -0.2) is 8.78 Å². The molecule has 0 saturated heterocycles. The summed E-state index contributed by atoms with van der Waals surface area (Å²) in [4.78, 5) is 0. The highest BCUT2D eigenvalue weighted by atomic mass is 19.3. The van der Waals surface area contributed by atoms with Gasteiger partial charge in [0.05, 0.1) is 12.1 Å². The van der Waals surface area contributed by atoms with Gasteiger partial charge in [-0.05, 0) is 26.0 Å². The minimum atomic E-state index is -2.42. The van der Waals surface area contributed by atoms with Gasteiger partial charge in [-0.3, -0.25) is 0 Å². The van der Waals surface area contributed by atoms with Crippen LogP contribution in [0, 0.1) is 6.92 Å². The molecule has 2 atom stereocenters. The molecular formula is C14H21F2NO. The number of aryl methyl sites for hydroxylation is 1. The van der Waals surface area contributed by atoms with Crippen LogP contribution in [0.2, 0.25) is 0 Å². The lowest BCUT2D eigenvalue weighted by molar-refractivity contribution is -0.0307. The molecule has 0 radical (unpaired) electrons. The van der Waals surface area contributed by atoms with Crippen LogP contribution in [0.3, 0.4) is 0 Å². The first-order valence-electron chi connectivity index (χ1n) is 6.24. The van der Waals surface area contributed by atoms with Crippen LogP contribution >= 0.6 is 0 Å². The molecular weight excluding hydrogens is 236 g/mol. The third-order valence-corrected chi connectivity index (χ3v) is 2.82. The monoisotopic (exact) mass is 257 g/mol. The van der Waals surface area contributed by atoms with Gasteiger partial charge in [-0.15, -0.1) is 0 Å². The molecule has 0 aliphatic heterocycles. The van der Waals surface area contributed by atoms with Crippen LogP contribution in [0.25, 0.3) is 0 Å². The number of ether oxygens (including phenoxy) is 1. The Labute approximate surface area is 107 Å². The van der Waals surface area contributed by atoms with Gasteiger partial charge in [0, 0.05) is 0 Å². The Balaban J connectivity index is 2.71. The number of hydrogen-bond acceptors (Lipinski definition) is 2. The zero-order chi connectivity index (χ0) is 13.5. The molecule has 18 heavy (non-hydrogen) atoms. The van der Waals surface area contributed by atoms with Gasteiger partial charge >= 0.3 is 0 Å². The topological polar surface area (TPSA) is 21.3 Å². The van der Waals surface area contributed by atoms with Crippen molar-refractivity contribution in [2.75, 3.05) is 13.2 Å². The first kappa shape index (κ1) is 15.1. The highest BCUT2D eigenvalue weighted by Gasteiger charge is 2.20. The lowest BCUT2D eigenvalue weighted by Crippen LogP contribution is -2.33. The molecule has 102 valence electrons. The lowest BCUT2D eigenvalue weighted by atomic mass is 10.0. The number of alkyl halides is 2. The van der Waals surface area contributed by atoms with Gasteiger partial charge in [0.1, 0.15) is 6.61 Å². The highest BCUT2D eigenvalue weighted by Crippen LogP contribution is 2.20. The van der Waals surface area contributed by atoms with E-state index >= 15 is 0 Å². The summed E-state index contributed by atoms with van der Waals surface area (Å²) >= 11 is 0. The molecule has 0 fully saturated rings. The van der Waals surface area contributed by atoms with E-state index in [9.17, 15) is 8.78 Å². The van der Waals surface area contributed by atoms with E-state index in [-0.39, 0.29) is 12.1 Å². The second-order valence-electron chi connectivity index (χ2n) is 4.38. The maximum absolute atomic E-state index is 12.2. The Morgan fingerprint density at radius 1 is 1.22 bits per heavy atom. The molecule has 2 unspecified atom stereocenters. The predicted octanol–water partition coefficient (Wildman–Crippen LogP) is 3.32. The van der Waals surface area contributed by atoms with Crippen molar-refractivity contribution in [3.05, 3.63) is 35.4 Å². The van der Waals surface area contributed by atoms with Crippen molar-refractivity contribution in [1.82, 2.24) is 5.32 Å². The van der Waals surface area contributed by atoms with Crippen molar-refractivity contribution in [2.45, 2.75) is 39.3 Å². The Bertz CT molecular complexity index is 340. The SMILES string of the molecule is CCNC(c1ccc(C)cc1)C(C)OCC(F)F. The van der Waals surface area contributed by atoms with Gasteiger partial charge < -0.3 is 10.1 Å². The summed E-state index contributed by atoms with van der Waals surface area (Å²) in [7, 11) is 0. The van der Waals surface area contributed by atoms with E-state index in [1.54, 1.807) is 0 Å². The van der Waals surface area contributed by atoms with Crippen LogP contribution in [0.5, 0.6) is 0 Å². The number of rotatable bonds is 7. The van der Waals surface area contributed by atoms with E-state index in [0.717, 1.165) is 12.1 Å². The van der Waals surface area contributed by atoms with E-state index in [1.165, 1.54) is 5.56 Å². The average Bonchev–Trinajstić information content (AvgIpc) is 2.34. The first-order chi connectivity index (χ1) is 8.54. The van der Waals surface area contributed by atoms with Crippen LogP contribution in [0.15, 0.2) is 24.3 Å². The number of nitrogens with one attached hydrogen (secondary N) is 1. The Morgan fingerprint density at radius 2 is 1.83 bits per heavy atom. The van der Waals surface area contributed by atoms with E-state index in [1.807, 2.05) is 45.0 Å². The Hall–Kier alpha value is -1.00. The summed E-state index contributed by atoms with van der Waals surface area (Å²) in [6, 6.07) is 7.98. The second kappa shape index (κ2) is 7.44. The molecule has 0 spiro atoms. The van der Waals surface area contributed by atoms with Crippen molar-refractivity contribution >= 4 is 0 Å². The van der Waals surface area contributed by atoms with Crippen molar-refractivity contribution in [1.29, 1.82) is 0 Å². The van der Waals surface area contributed by atoms with Crippen LogP contribution in [-0.4, -0.2) is 25.7 Å². The lowest BCUT2D eigenvalue weighted by Gasteiger charge is -2.25. The molecule has 0 aliphatic rings. The first-order valence-corrected chi connectivity index (χ1v) is 6.24. The predicted molar refractivity (Wildman–Crippen MR) is 69.0 cm³/mol. The molecule has 0 heterocycles. The van der Waals surface area contributed by atoms with Crippen molar-refractivity contribution in [3.63, 3.8) is 0 Å². The summed E-state index contributed by atoms with van der Waals surface area (Å²) in [5.74, 6) is 0. The van der Waals surface area contributed by atoms with Crippen LogP contribution in [0.1, 0.15) is 31.0 Å². The molecule has 1 rings (SSSR count). The molecule has 0 saturated carbocycles. The minimum absolute atomic E-state index is 0.0608. The average molecular weight is 257 g/mol. The minimum Gasteiger partial charge on any atom is -0.371 e. The second-order valence-corrected chi connectivity index (χ2v) is 4.38. The molecule has 1 aromatic carbocycles. The summed E-state index contributed by atoms with van der Waals surface area (Å²) in [5.41, 5.74) is 2.24. The third-order valence-electron chi connectivity index (χ3n) is 2.82. The summed E-state index contributed by atoms with van der Waals surface area (Å²) in [6.45, 7) is 6.06. The summed E-state index contributed by atoms with van der Waals surface area (Å²) < 4.78 is 29.5. The number of hydrogen-bond donors (Lipinski definition) is 1.